The molecular formula is C11H12N2O3. The molecule has 1 heterocycles. The summed E-state index contributed by atoms with van der Waals surface area (Å²) in [6.07, 6.45) is 0. The lowest BCUT2D eigenvalue weighted by Gasteiger charge is -2.09. The van der Waals surface area contributed by atoms with E-state index in [1.807, 2.05) is 12.1 Å². The molecule has 0 aliphatic rings. The molecule has 0 radical (unpaired) electrons. The molecule has 0 unspecified atom stereocenters. The molecule has 5 nitrogen and oxygen atoms in total. The second-order valence-corrected chi connectivity index (χ2v) is 3.31. The number of aromatic nitrogens is 2. The first kappa shape index (κ1) is 10.5. The number of para-hydroxylation sites is 1. The van der Waals surface area contributed by atoms with Crippen molar-refractivity contribution in [1.29, 1.82) is 0 Å². The summed E-state index contributed by atoms with van der Waals surface area (Å²) in [6.45, 7) is 0. The van der Waals surface area contributed by atoms with Crippen LogP contribution in [0.25, 0.3) is 11.0 Å². The molecule has 1 aromatic carbocycles. The Balaban J connectivity index is 2.92. The molecule has 0 fully saturated rings. The fraction of sp³-hybridized carbons (Fsp3) is 0.273. The summed E-state index contributed by atoms with van der Waals surface area (Å²) in [5.74, 6) is 0.686. The zero-order valence-corrected chi connectivity index (χ0v) is 9.35. The molecule has 0 amide bonds. The third kappa shape index (κ3) is 1.41. The summed E-state index contributed by atoms with van der Waals surface area (Å²) in [4.78, 5) is 15.9. The number of ether oxygens (including phenoxy) is 2. The molecule has 0 bridgehead atoms. The van der Waals surface area contributed by atoms with Gasteiger partial charge in [0, 0.05) is 7.05 Å². The van der Waals surface area contributed by atoms with Gasteiger partial charge in [0.1, 0.15) is 11.3 Å². The Morgan fingerprint density at radius 3 is 2.62 bits per heavy atom. The number of hydrogen-bond acceptors (Lipinski definition) is 4. The summed E-state index contributed by atoms with van der Waals surface area (Å²) < 4.78 is 11.6. The number of nitrogens with zero attached hydrogens (tertiary/aromatic N) is 2. The van der Waals surface area contributed by atoms with Gasteiger partial charge < -0.3 is 14.0 Å². The maximum atomic E-state index is 11.7. The van der Waals surface area contributed by atoms with E-state index in [-0.39, 0.29) is 11.4 Å². The smallest absolute Gasteiger partial charge is 0.313 e. The first-order valence-electron chi connectivity index (χ1n) is 4.76. The van der Waals surface area contributed by atoms with Crippen molar-refractivity contribution in [1.82, 2.24) is 9.55 Å². The number of benzene rings is 1. The van der Waals surface area contributed by atoms with Crippen molar-refractivity contribution in [2.45, 2.75) is 0 Å². The van der Waals surface area contributed by atoms with Gasteiger partial charge in [-0.15, -0.1) is 0 Å². The van der Waals surface area contributed by atoms with E-state index in [0.717, 1.165) is 0 Å². The van der Waals surface area contributed by atoms with Crippen molar-refractivity contribution in [3.8, 4) is 11.6 Å². The summed E-state index contributed by atoms with van der Waals surface area (Å²) >= 11 is 0. The van der Waals surface area contributed by atoms with Gasteiger partial charge in [0.05, 0.1) is 19.7 Å². The zero-order valence-electron chi connectivity index (χ0n) is 9.35. The van der Waals surface area contributed by atoms with Gasteiger partial charge >= 0.3 is 5.56 Å². The Labute approximate surface area is 92.2 Å². The number of hydrogen-bond donors (Lipinski definition) is 0. The minimum Gasteiger partial charge on any atom is -0.494 e. The van der Waals surface area contributed by atoms with Crippen LogP contribution in [0.5, 0.6) is 11.6 Å². The van der Waals surface area contributed by atoms with Crippen LogP contribution in [-0.2, 0) is 7.05 Å². The Morgan fingerprint density at radius 1 is 1.25 bits per heavy atom. The summed E-state index contributed by atoms with van der Waals surface area (Å²) in [5, 5.41) is 0. The molecule has 16 heavy (non-hydrogen) atoms. The molecule has 0 N–H and O–H groups in total. The van der Waals surface area contributed by atoms with E-state index in [4.69, 9.17) is 9.47 Å². The van der Waals surface area contributed by atoms with Crippen LogP contribution in [0.1, 0.15) is 0 Å². The van der Waals surface area contributed by atoms with E-state index >= 15 is 0 Å². The largest absolute Gasteiger partial charge is 0.494 e. The third-order valence-electron chi connectivity index (χ3n) is 2.45. The van der Waals surface area contributed by atoms with Gasteiger partial charge in [-0.1, -0.05) is 6.07 Å². The first-order chi connectivity index (χ1) is 7.69. The van der Waals surface area contributed by atoms with Crippen LogP contribution in [0.3, 0.4) is 0 Å². The maximum Gasteiger partial charge on any atom is 0.313 e. The van der Waals surface area contributed by atoms with Crippen molar-refractivity contribution in [3.05, 3.63) is 28.6 Å². The van der Waals surface area contributed by atoms with E-state index in [1.54, 1.807) is 20.2 Å². The molecule has 5 heteroatoms. The maximum absolute atomic E-state index is 11.7. The molecule has 1 aromatic heterocycles. The van der Waals surface area contributed by atoms with Gasteiger partial charge in [-0.2, -0.15) is 0 Å². The lowest BCUT2D eigenvalue weighted by molar-refractivity contribution is 0.387. The lowest BCUT2D eigenvalue weighted by Crippen LogP contribution is -2.20. The monoisotopic (exact) mass is 220 g/mol. The molecule has 0 aliphatic heterocycles. The quantitative estimate of drug-likeness (QED) is 0.756. The van der Waals surface area contributed by atoms with Crippen molar-refractivity contribution >= 4 is 11.0 Å². The SMILES string of the molecule is COc1nc2c(OC)cccc2n(C)c1=O. The highest BCUT2D eigenvalue weighted by molar-refractivity contribution is 5.81. The summed E-state index contributed by atoms with van der Waals surface area (Å²) in [6, 6.07) is 5.42. The summed E-state index contributed by atoms with van der Waals surface area (Å²) in [5.41, 5.74) is 1.07. The second kappa shape index (κ2) is 3.84. The predicted octanol–water partition coefficient (Wildman–Crippen LogP) is 0.951. The van der Waals surface area contributed by atoms with E-state index in [0.29, 0.717) is 16.8 Å². The summed E-state index contributed by atoms with van der Waals surface area (Å²) in [7, 11) is 4.66. The van der Waals surface area contributed by atoms with Crippen LogP contribution in [0, 0.1) is 0 Å². The normalized spacial score (nSPS) is 10.4. The molecular weight excluding hydrogens is 208 g/mol. The van der Waals surface area contributed by atoms with Crippen molar-refractivity contribution in [3.63, 3.8) is 0 Å². The Kier molecular flexibility index (Phi) is 2.52. The fourth-order valence-corrected chi connectivity index (χ4v) is 1.59. The second-order valence-electron chi connectivity index (χ2n) is 3.31. The lowest BCUT2D eigenvalue weighted by atomic mass is 10.2. The van der Waals surface area contributed by atoms with E-state index in [1.165, 1.54) is 11.7 Å². The van der Waals surface area contributed by atoms with Gasteiger partial charge in [0.2, 0.25) is 0 Å². The number of aryl methyl sites for hydroxylation is 1. The van der Waals surface area contributed by atoms with Crippen molar-refractivity contribution < 1.29 is 9.47 Å². The van der Waals surface area contributed by atoms with E-state index in [2.05, 4.69) is 4.98 Å². The highest BCUT2D eigenvalue weighted by atomic mass is 16.5. The number of methoxy groups -OCH3 is 2. The van der Waals surface area contributed by atoms with Crippen molar-refractivity contribution in [2.24, 2.45) is 7.05 Å². The van der Waals surface area contributed by atoms with Crippen LogP contribution in [-0.4, -0.2) is 23.8 Å². The van der Waals surface area contributed by atoms with Crippen LogP contribution in [0.15, 0.2) is 23.0 Å². The number of rotatable bonds is 2. The van der Waals surface area contributed by atoms with E-state index in [9.17, 15) is 4.79 Å². The van der Waals surface area contributed by atoms with Gasteiger partial charge in [-0.3, -0.25) is 4.79 Å². The van der Waals surface area contributed by atoms with Crippen LogP contribution >= 0.6 is 0 Å². The molecule has 2 aromatic rings. The number of fused-ring (bicyclic) bond motifs is 1. The molecule has 0 saturated heterocycles. The molecule has 84 valence electrons. The molecule has 0 aliphatic carbocycles. The van der Waals surface area contributed by atoms with Gasteiger partial charge in [0.25, 0.3) is 5.88 Å². The Hall–Kier alpha value is -2.04. The minimum atomic E-state index is -0.261. The molecule has 0 atom stereocenters. The Bertz CT molecular complexity index is 590. The standard InChI is InChI=1S/C11H12N2O3/c1-13-7-5-4-6-8(15-2)9(7)12-10(16-3)11(13)14/h4-6H,1-3H3. The zero-order chi connectivity index (χ0) is 11.7. The average molecular weight is 220 g/mol. The van der Waals surface area contributed by atoms with Crippen LogP contribution < -0.4 is 15.0 Å². The average Bonchev–Trinajstić information content (AvgIpc) is 2.33. The van der Waals surface area contributed by atoms with Gasteiger partial charge in [0.15, 0.2) is 0 Å². The van der Waals surface area contributed by atoms with Gasteiger partial charge in [-0.05, 0) is 12.1 Å². The molecule has 0 spiro atoms. The predicted molar refractivity (Wildman–Crippen MR) is 60.1 cm³/mol. The van der Waals surface area contributed by atoms with Crippen LogP contribution in [0.4, 0.5) is 0 Å². The van der Waals surface area contributed by atoms with E-state index < -0.39 is 0 Å². The fourth-order valence-electron chi connectivity index (χ4n) is 1.59. The van der Waals surface area contributed by atoms with Gasteiger partial charge in [-0.25, -0.2) is 4.98 Å². The Morgan fingerprint density at radius 2 is 2.00 bits per heavy atom. The van der Waals surface area contributed by atoms with Crippen LogP contribution in [0.2, 0.25) is 0 Å². The van der Waals surface area contributed by atoms with Crippen molar-refractivity contribution in [2.75, 3.05) is 14.2 Å². The first-order valence-corrected chi connectivity index (χ1v) is 4.76. The third-order valence-corrected chi connectivity index (χ3v) is 2.45. The highest BCUT2D eigenvalue weighted by Gasteiger charge is 2.11. The highest BCUT2D eigenvalue weighted by Crippen LogP contribution is 2.23. The molecule has 2 rings (SSSR count). The minimum absolute atomic E-state index is 0.0690. The topological polar surface area (TPSA) is 53.4 Å². The molecule has 0 saturated carbocycles.